The van der Waals surface area contributed by atoms with Gasteiger partial charge in [-0.25, -0.2) is 4.79 Å². The number of benzene rings is 3. The number of ether oxygens (including phenoxy) is 4. The Morgan fingerprint density at radius 2 is 1.66 bits per heavy atom. The number of carbonyl (C=O) groups is 2. The minimum atomic E-state index is -0.434. The van der Waals surface area contributed by atoms with Crippen molar-refractivity contribution in [1.82, 2.24) is 0 Å². The van der Waals surface area contributed by atoms with Gasteiger partial charge >= 0.3 is 5.97 Å². The predicted molar refractivity (Wildman–Crippen MR) is 135 cm³/mol. The first-order chi connectivity index (χ1) is 16.9. The van der Waals surface area contributed by atoms with Crippen LogP contribution < -0.4 is 14.2 Å². The summed E-state index contributed by atoms with van der Waals surface area (Å²) in [5.41, 5.74) is 3.15. The van der Waals surface area contributed by atoms with Crippen LogP contribution in [-0.2, 0) is 16.0 Å². The highest BCUT2D eigenvalue weighted by Gasteiger charge is 2.17. The Labute approximate surface area is 206 Å². The molecule has 6 nitrogen and oxygen atoms in total. The standard InChI is InChI=1S/C29H32O6/c1-5-22-11-13-27(25(18-22)29(31)23-9-7-6-8-10-23)35-21(3)15-16-33-24-12-14-26(20(2)17-24)34-19-28(30)32-4/h6-14,17-18,21H,5,15-16,19H2,1-4H3. The van der Waals surface area contributed by atoms with E-state index in [4.69, 9.17) is 14.2 Å². The van der Waals surface area contributed by atoms with Gasteiger partial charge in [0.1, 0.15) is 17.2 Å². The topological polar surface area (TPSA) is 71.1 Å². The van der Waals surface area contributed by atoms with Crippen LogP contribution in [0.15, 0.2) is 66.7 Å². The van der Waals surface area contributed by atoms with Crippen molar-refractivity contribution >= 4 is 11.8 Å². The molecule has 3 aromatic rings. The van der Waals surface area contributed by atoms with Gasteiger partial charge in [-0.15, -0.1) is 0 Å². The van der Waals surface area contributed by atoms with Crippen molar-refractivity contribution in [2.45, 2.75) is 39.7 Å². The van der Waals surface area contributed by atoms with Gasteiger partial charge in [0.15, 0.2) is 12.4 Å². The predicted octanol–water partition coefficient (Wildman–Crippen LogP) is 5.58. The number of methoxy groups -OCH3 is 1. The molecule has 0 aliphatic heterocycles. The third-order valence-corrected chi connectivity index (χ3v) is 5.57. The van der Waals surface area contributed by atoms with E-state index in [-0.39, 0.29) is 18.5 Å². The summed E-state index contributed by atoms with van der Waals surface area (Å²) in [5, 5.41) is 0. The Kier molecular flexibility index (Phi) is 9.30. The first-order valence-electron chi connectivity index (χ1n) is 11.7. The zero-order valence-corrected chi connectivity index (χ0v) is 20.7. The van der Waals surface area contributed by atoms with E-state index in [2.05, 4.69) is 11.7 Å². The van der Waals surface area contributed by atoms with E-state index in [9.17, 15) is 9.59 Å². The second kappa shape index (κ2) is 12.6. The minimum absolute atomic E-state index is 0.0515. The molecule has 0 N–H and O–H groups in total. The Bertz CT molecular complexity index is 1140. The molecular weight excluding hydrogens is 444 g/mol. The van der Waals surface area contributed by atoms with E-state index in [1.807, 2.05) is 68.4 Å². The molecule has 0 aliphatic carbocycles. The lowest BCUT2D eigenvalue weighted by molar-refractivity contribution is -0.142. The molecule has 0 aliphatic rings. The van der Waals surface area contributed by atoms with Crippen molar-refractivity contribution in [3.8, 4) is 17.2 Å². The number of aryl methyl sites for hydroxylation is 2. The molecule has 0 spiro atoms. The highest BCUT2D eigenvalue weighted by atomic mass is 16.6. The highest BCUT2D eigenvalue weighted by molar-refractivity contribution is 6.10. The molecule has 0 heterocycles. The van der Waals surface area contributed by atoms with E-state index in [0.717, 1.165) is 17.5 Å². The van der Waals surface area contributed by atoms with Gasteiger partial charge in [-0.05, 0) is 61.7 Å². The molecule has 0 saturated heterocycles. The maximum atomic E-state index is 13.1. The van der Waals surface area contributed by atoms with Crippen LogP contribution in [0.25, 0.3) is 0 Å². The fraction of sp³-hybridized carbons (Fsp3) is 0.310. The number of esters is 1. The first-order valence-corrected chi connectivity index (χ1v) is 11.7. The lowest BCUT2D eigenvalue weighted by Crippen LogP contribution is -2.18. The van der Waals surface area contributed by atoms with Crippen molar-refractivity contribution in [2.75, 3.05) is 20.3 Å². The monoisotopic (exact) mass is 476 g/mol. The quantitative estimate of drug-likeness (QED) is 0.251. The number of ketones is 1. The van der Waals surface area contributed by atoms with Crippen LogP contribution in [0.1, 0.15) is 47.3 Å². The molecule has 0 radical (unpaired) electrons. The van der Waals surface area contributed by atoms with Crippen molar-refractivity contribution < 1.29 is 28.5 Å². The summed E-state index contributed by atoms with van der Waals surface area (Å²) in [7, 11) is 1.32. The van der Waals surface area contributed by atoms with Gasteiger partial charge in [-0.2, -0.15) is 0 Å². The number of hydrogen-bond acceptors (Lipinski definition) is 6. The third-order valence-electron chi connectivity index (χ3n) is 5.57. The van der Waals surface area contributed by atoms with E-state index in [0.29, 0.717) is 41.4 Å². The van der Waals surface area contributed by atoms with Crippen LogP contribution in [0.4, 0.5) is 0 Å². The summed E-state index contributed by atoms with van der Waals surface area (Å²) < 4.78 is 22.1. The molecule has 1 atom stereocenters. The normalized spacial score (nSPS) is 11.4. The Balaban J connectivity index is 1.59. The molecule has 6 heteroatoms. The van der Waals surface area contributed by atoms with Gasteiger partial charge in [0, 0.05) is 12.0 Å². The van der Waals surface area contributed by atoms with Crippen molar-refractivity contribution in [1.29, 1.82) is 0 Å². The Morgan fingerprint density at radius 3 is 2.34 bits per heavy atom. The smallest absolute Gasteiger partial charge is 0.343 e. The van der Waals surface area contributed by atoms with Crippen LogP contribution in [0.3, 0.4) is 0 Å². The van der Waals surface area contributed by atoms with E-state index in [1.165, 1.54) is 7.11 Å². The van der Waals surface area contributed by atoms with Gasteiger partial charge in [-0.3, -0.25) is 4.79 Å². The van der Waals surface area contributed by atoms with Crippen LogP contribution in [0.2, 0.25) is 0 Å². The first kappa shape index (κ1) is 25.8. The summed E-state index contributed by atoms with van der Waals surface area (Å²) in [6.45, 7) is 6.21. The van der Waals surface area contributed by atoms with E-state index in [1.54, 1.807) is 12.1 Å². The van der Waals surface area contributed by atoms with Gasteiger partial charge in [0.2, 0.25) is 0 Å². The van der Waals surface area contributed by atoms with Crippen LogP contribution in [-0.4, -0.2) is 38.2 Å². The zero-order chi connectivity index (χ0) is 25.2. The minimum Gasteiger partial charge on any atom is -0.493 e. The molecule has 3 rings (SSSR count). The SMILES string of the molecule is CCc1ccc(OC(C)CCOc2ccc(OCC(=O)OC)c(C)c2)c(C(=O)c2ccccc2)c1. The molecule has 35 heavy (non-hydrogen) atoms. The third kappa shape index (κ3) is 7.34. The molecule has 184 valence electrons. The van der Waals surface area contributed by atoms with Crippen LogP contribution in [0.5, 0.6) is 17.2 Å². The number of rotatable bonds is 12. The largest absolute Gasteiger partial charge is 0.493 e. The van der Waals surface area contributed by atoms with E-state index < -0.39 is 5.97 Å². The molecular formula is C29H32O6. The average molecular weight is 477 g/mol. The van der Waals surface area contributed by atoms with Crippen molar-refractivity contribution in [3.05, 3.63) is 89.0 Å². The van der Waals surface area contributed by atoms with Gasteiger partial charge in [0.05, 0.1) is 25.4 Å². The van der Waals surface area contributed by atoms with Gasteiger partial charge < -0.3 is 18.9 Å². The second-order valence-electron chi connectivity index (χ2n) is 8.24. The fourth-order valence-electron chi connectivity index (χ4n) is 3.51. The summed E-state index contributed by atoms with van der Waals surface area (Å²) in [6, 6.07) is 20.5. The average Bonchev–Trinajstić information content (AvgIpc) is 2.88. The Hall–Kier alpha value is -3.80. The van der Waals surface area contributed by atoms with E-state index >= 15 is 0 Å². The Morgan fingerprint density at radius 1 is 0.914 bits per heavy atom. The molecule has 1 unspecified atom stereocenters. The lowest BCUT2D eigenvalue weighted by Gasteiger charge is -2.18. The second-order valence-corrected chi connectivity index (χ2v) is 8.24. The zero-order valence-electron chi connectivity index (χ0n) is 20.7. The summed E-state index contributed by atoms with van der Waals surface area (Å²) in [4.78, 5) is 24.4. The van der Waals surface area contributed by atoms with Crippen molar-refractivity contribution in [3.63, 3.8) is 0 Å². The fourth-order valence-corrected chi connectivity index (χ4v) is 3.51. The number of hydrogen-bond donors (Lipinski definition) is 0. The lowest BCUT2D eigenvalue weighted by atomic mass is 9.99. The molecule has 0 fully saturated rings. The summed E-state index contributed by atoms with van der Waals surface area (Å²) in [5.74, 6) is 1.39. The molecule has 0 bridgehead atoms. The molecule has 0 amide bonds. The maximum Gasteiger partial charge on any atom is 0.343 e. The van der Waals surface area contributed by atoms with Crippen LogP contribution in [0, 0.1) is 6.92 Å². The molecule has 3 aromatic carbocycles. The summed E-state index contributed by atoms with van der Waals surface area (Å²) in [6.07, 6.45) is 1.31. The molecule has 0 saturated carbocycles. The van der Waals surface area contributed by atoms with Gasteiger partial charge in [0.25, 0.3) is 0 Å². The van der Waals surface area contributed by atoms with Crippen molar-refractivity contribution in [2.24, 2.45) is 0 Å². The van der Waals surface area contributed by atoms with Crippen LogP contribution >= 0.6 is 0 Å². The number of carbonyl (C=O) groups excluding carboxylic acids is 2. The maximum absolute atomic E-state index is 13.1. The summed E-state index contributed by atoms with van der Waals surface area (Å²) >= 11 is 0. The molecule has 0 aromatic heterocycles. The highest BCUT2D eigenvalue weighted by Crippen LogP contribution is 2.26. The van der Waals surface area contributed by atoms with Gasteiger partial charge in [-0.1, -0.05) is 43.3 Å².